The van der Waals surface area contributed by atoms with E-state index in [0.29, 0.717) is 5.56 Å². The van der Waals surface area contributed by atoms with E-state index in [1.165, 1.54) is 26.2 Å². The fourth-order valence-electron chi connectivity index (χ4n) is 11.8. The van der Waals surface area contributed by atoms with Crippen molar-refractivity contribution in [3.63, 3.8) is 0 Å². The van der Waals surface area contributed by atoms with Crippen molar-refractivity contribution >= 4 is 95.0 Å². The van der Waals surface area contributed by atoms with Crippen LogP contribution in [-0.4, -0.2) is 6.71 Å². The predicted molar refractivity (Wildman–Crippen MR) is 343 cm³/mol. The average molecular weight is 1050 g/mol. The third-order valence-electron chi connectivity index (χ3n) is 16.0. The van der Waals surface area contributed by atoms with Crippen LogP contribution in [0.2, 0.25) is 0 Å². The van der Waals surface area contributed by atoms with E-state index < -0.39 is 6.04 Å². The topological polar surface area (TPSA) is 9.72 Å². The Hall–Kier alpha value is -8.38. The van der Waals surface area contributed by atoms with Crippen LogP contribution in [0.15, 0.2) is 236 Å². The van der Waals surface area contributed by atoms with Gasteiger partial charge >= 0.3 is 0 Å². The van der Waals surface area contributed by atoms with Gasteiger partial charge in [-0.15, -0.1) is 11.3 Å². The minimum atomic E-state index is -0.424. The molecular formula is C74H66BN3S. The summed E-state index contributed by atoms with van der Waals surface area (Å²) in [6, 6.07) is 72.9. The molecule has 5 heteroatoms. The van der Waals surface area contributed by atoms with Gasteiger partial charge in [-0.3, -0.25) is 0 Å². The number of fused-ring (bicyclic) bond motifs is 6. The minimum Gasteiger partial charge on any atom is -0.311 e. The molecule has 0 bridgehead atoms. The summed E-state index contributed by atoms with van der Waals surface area (Å²) in [4.78, 5) is 7.20. The first kappa shape index (κ1) is 44.6. The number of hydrogen-bond acceptors (Lipinski definition) is 4. The van der Waals surface area contributed by atoms with Crippen molar-refractivity contribution in [1.29, 1.82) is 0 Å². The molecule has 10 aromatic carbocycles. The first-order chi connectivity index (χ1) is 40.2. The summed E-state index contributed by atoms with van der Waals surface area (Å²) in [5.74, 6) is 0. The van der Waals surface area contributed by atoms with E-state index in [4.69, 9.17) is 4.11 Å². The second-order valence-electron chi connectivity index (χ2n) is 24.2. The van der Waals surface area contributed by atoms with E-state index in [9.17, 15) is 2.74 Å². The van der Waals surface area contributed by atoms with Crippen molar-refractivity contribution in [2.45, 2.75) is 78.6 Å². The van der Waals surface area contributed by atoms with Crippen molar-refractivity contribution < 1.29 is 6.85 Å². The number of rotatable bonds is 8. The van der Waals surface area contributed by atoms with Gasteiger partial charge in [0.25, 0.3) is 6.71 Å². The monoisotopic (exact) mass is 1040 g/mol. The maximum atomic E-state index is 9.58. The second kappa shape index (κ2) is 19.2. The molecule has 0 radical (unpaired) electrons. The van der Waals surface area contributed by atoms with E-state index in [-0.39, 0.29) is 52.7 Å². The largest absolute Gasteiger partial charge is 0.311 e. The minimum absolute atomic E-state index is 0.0954. The maximum absolute atomic E-state index is 9.58. The lowest BCUT2D eigenvalue weighted by Crippen LogP contribution is -2.60. The molecule has 0 atom stereocenters. The molecule has 0 spiro atoms. The third-order valence-corrected chi connectivity index (χ3v) is 17.2. The highest BCUT2D eigenvalue weighted by atomic mass is 32.1. The highest BCUT2D eigenvalue weighted by Gasteiger charge is 2.46. The van der Waals surface area contributed by atoms with Gasteiger partial charge in [0.2, 0.25) is 0 Å². The van der Waals surface area contributed by atoms with Crippen LogP contribution in [0.1, 0.15) is 85.9 Å². The molecule has 1 aromatic heterocycles. The highest BCUT2D eigenvalue weighted by molar-refractivity contribution is 7.33. The highest BCUT2D eigenvalue weighted by Crippen LogP contribution is 2.52. The number of benzene rings is 10. The van der Waals surface area contributed by atoms with Crippen molar-refractivity contribution in [3.8, 4) is 33.4 Å². The van der Waals surface area contributed by atoms with Crippen LogP contribution in [0.4, 0.5) is 51.2 Å². The number of nitrogens with zero attached hydrogens (tertiary/aromatic N) is 3. The summed E-state index contributed by atoms with van der Waals surface area (Å²) in [5, 5.41) is 1.14. The van der Waals surface area contributed by atoms with Crippen LogP contribution in [-0.2, 0) is 16.2 Å². The molecule has 0 aliphatic carbocycles. The number of para-hydroxylation sites is 2. The number of hydrogen-bond donors (Lipinski definition) is 0. The van der Waals surface area contributed by atoms with Crippen LogP contribution in [0.25, 0.3) is 43.5 Å². The molecule has 2 aliphatic rings. The molecule has 0 unspecified atom stereocenters. The molecule has 13 rings (SSSR count). The van der Waals surface area contributed by atoms with Gasteiger partial charge in [0.05, 0.1) is 23.9 Å². The third kappa shape index (κ3) is 8.85. The van der Waals surface area contributed by atoms with Crippen molar-refractivity contribution in [1.82, 2.24) is 0 Å². The summed E-state index contributed by atoms with van der Waals surface area (Å²) in [7, 11) is 0. The van der Waals surface area contributed by atoms with E-state index in [0.717, 1.165) is 89.8 Å². The molecule has 11 aromatic rings. The van der Waals surface area contributed by atoms with E-state index in [1.807, 2.05) is 11.3 Å². The van der Waals surface area contributed by atoms with Crippen molar-refractivity contribution in [2.75, 3.05) is 14.7 Å². The Bertz CT molecular complexity index is 4270. The quantitative estimate of drug-likeness (QED) is 0.140. The molecule has 386 valence electrons. The fraction of sp³-hybridized carbons (Fsp3) is 0.162. The zero-order valence-electron chi connectivity index (χ0n) is 51.5. The van der Waals surface area contributed by atoms with Gasteiger partial charge in [0.1, 0.15) is 0 Å². The summed E-state index contributed by atoms with van der Waals surface area (Å²) in [6.07, 6.45) is 0. The summed E-state index contributed by atoms with van der Waals surface area (Å²) < 4.78 is 48.4. The van der Waals surface area contributed by atoms with Gasteiger partial charge in [-0.1, -0.05) is 226 Å². The second-order valence-corrected chi connectivity index (χ2v) is 25.3. The van der Waals surface area contributed by atoms with Crippen LogP contribution >= 0.6 is 11.3 Å². The predicted octanol–water partition coefficient (Wildman–Crippen LogP) is 19.3. The first-order valence-electron chi connectivity index (χ1n) is 30.0. The summed E-state index contributed by atoms with van der Waals surface area (Å²) in [6.45, 7) is 19.9. The fourth-order valence-corrected chi connectivity index (χ4v) is 13.1. The molecule has 2 aliphatic heterocycles. The Balaban J connectivity index is 1.17. The van der Waals surface area contributed by atoms with Crippen LogP contribution in [0.3, 0.4) is 0 Å². The Morgan fingerprint density at radius 3 is 1.47 bits per heavy atom. The van der Waals surface area contributed by atoms with Crippen LogP contribution in [0, 0.1) is 0 Å². The smallest absolute Gasteiger partial charge is 0.264 e. The number of anilines is 9. The Morgan fingerprint density at radius 2 is 0.924 bits per heavy atom. The van der Waals surface area contributed by atoms with Gasteiger partial charge < -0.3 is 14.7 Å². The van der Waals surface area contributed by atoms with Gasteiger partial charge in [-0.05, 0) is 139 Å². The lowest BCUT2D eigenvalue weighted by molar-refractivity contribution is 0.590. The van der Waals surface area contributed by atoms with Gasteiger partial charge in [0, 0.05) is 60.1 Å². The van der Waals surface area contributed by atoms with E-state index in [1.54, 1.807) is 0 Å². The Labute approximate surface area is 479 Å². The normalized spacial score (nSPS) is 13.9. The van der Waals surface area contributed by atoms with Gasteiger partial charge in [-0.2, -0.15) is 0 Å². The lowest BCUT2D eigenvalue weighted by atomic mass is 9.36. The molecule has 3 heterocycles. The standard InChI is InChI=1S/C74H66BN3S/c1-72(2,3)53-33-38-56(39-34-53)76-65-48-58(77(63-31-21-19-29-59(63)50-25-15-11-16-26-50)64-32-22-20-30-60(64)51-27-17-12-18-28-51)42-43-62(65)75-69-66(76)45-52(49-23-13-10-14-24-49)46-67(69)78(57-40-35-54(36-41-57)73(4,5)6)70-61-47-55(74(7,8)9)37-44-68(61)79-71(70)75/h10-48H,1-9H3/i10D,13D,14D,23D,24D. The van der Waals surface area contributed by atoms with Crippen LogP contribution < -0.4 is 30.4 Å². The summed E-state index contributed by atoms with van der Waals surface area (Å²) >= 11 is 1.84. The summed E-state index contributed by atoms with van der Waals surface area (Å²) in [5.41, 5.74) is 19.2. The molecule has 0 saturated heterocycles. The van der Waals surface area contributed by atoms with Crippen molar-refractivity contribution in [2.24, 2.45) is 0 Å². The van der Waals surface area contributed by atoms with Gasteiger partial charge in [0.15, 0.2) is 0 Å². The van der Waals surface area contributed by atoms with Crippen LogP contribution in [0.5, 0.6) is 0 Å². The molecule has 0 N–H and O–H groups in total. The Morgan fingerprint density at radius 1 is 0.430 bits per heavy atom. The van der Waals surface area contributed by atoms with Gasteiger partial charge in [-0.25, -0.2) is 0 Å². The SMILES string of the molecule is [2H]c1c([2H])c([2H])c(-c2cc3c4c(c2)N(c2ccc(C(C)(C)C)cc2)c2c(sc5ccc(C(C)(C)C)cc25)B4c2ccc(N(c4ccccc4-c4ccccc4)c4ccccc4-c4ccccc4)cc2N3c2ccc(C(C)(C)C)cc2)c([2H])c1[2H]. The molecule has 0 amide bonds. The van der Waals surface area contributed by atoms with E-state index >= 15 is 0 Å². The zero-order valence-corrected chi connectivity index (χ0v) is 47.3. The number of thiophene rings is 1. The molecular weight excluding hydrogens is 974 g/mol. The molecule has 0 saturated carbocycles. The average Bonchev–Trinajstić information content (AvgIpc) is 1.58. The van der Waals surface area contributed by atoms with E-state index in [2.05, 4.69) is 283 Å². The van der Waals surface area contributed by atoms with Crippen molar-refractivity contribution in [3.05, 3.63) is 253 Å². The first-order valence-corrected chi connectivity index (χ1v) is 28.4. The molecule has 3 nitrogen and oxygen atoms in total. The Kier molecular flexibility index (Phi) is 10.8. The maximum Gasteiger partial charge on any atom is 0.264 e. The zero-order chi connectivity index (χ0) is 58.7. The lowest BCUT2D eigenvalue weighted by Gasteiger charge is -2.44. The molecule has 0 fully saturated rings. The molecule has 79 heavy (non-hydrogen) atoms.